The van der Waals surface area contributed by atoms with E-state index in [9.17, 15) is 21.6 Å². The Morgan fingerprint density at radius 2 is 1.45 bits per heavy atom. The zero-order valence-electron chi connectivity index (χ0n) is 15.7. The van der Waals surface area contributed by atoms with Crippen LogP contribution in [0.1, 0.15) is 5.56 Å². The Morgan fingerprint density at radius 1 is 0.774 bits per heavy atom. The molecule has 31 heavy (non-hydrogen) atoms. The second-order valence-electron chi connectivity index (χ2n) is 6.37. The topological polar surface area (TPSA) is 85.7 Å². The summed E-state index contributed by atoms with van der Waals surface area (Å²) in [7, 11) is -4.38. The molecule has 0 unspecified atom stereocenters. The van der Waals surface area contributed by atoms with Crippen molar-refractivity contribution < 1.29 is 21.6 Å². The van der Waals surface area contributed by atoms with Gasteiger partial charge in [0.25, 0.3) is 0 Å². The fourth-order valence-electron chi connectivity index (χ4n) is 2.84. The Bertz CT molecular complexity index is 1330. The predicted octanol–water partition coefficient (Wildman–Crippen LogP) is 4.45. The van der Waals surface area contributed by atoms with Crippen molar-refractivity contribution >= 4 is 9.84 Å². The number of nitrogens with zero attached hydrogens (tertiary/aromatic N) is 4. The largest absolute Gasteiger partial charge is 0.416 e. The highest BCUT2D eigenvalue weighted by Crippen LogP contribution is 2.34. The molecule has 0 amide bonds. The number of hydrogen-bond acceptors (Lipinski definition) is 6. The summed E-state index contributed by atoms with van der Waals surface area (Å²) in [6.45, 7) is 0. The van der Waals surface area contributed by atoms with Gasteiger partial charge in [0.15, 0.2) is 5.82 Å². The molecular formula is C21H13F3N4O2S. The first-order valence-electron chi connectivity index (χ1n) is 8.89. The van der Waals surface area contributed by atoms with Crippen LogP contribution in [0.15, 0.2) is 89.0 Å². The number of pyridine rings is 2. The van der Waals surface area contributed by atoms with Gasteiger partial charge in [0.2, 0.25) is 9.84 Å². The van der Waals surface area contributed by atoms with Gasteiger partial charge in [-0.05, 0) is 42.5 Å². The molecule has 0 spiro atoms. The van der Waals surface area contributed by atoms with Gasteiger partial charge in [-0.15, -0.1) is 0 Å². The Labute approximate surface area is 175 Å². The Morgan fingerprint density at radius 3 is 2.06 bits per heavy atom. The lowest BCUT2D eigenvalue weighted by Crippen LogP contribution is -2.10. The Hall–Kier alpha value is -3.66. The zero-order valence-corrected chi connectivity index (χ0v) is 16.5. The van der Waals surface area contributed by atoms with Gasteiger partial charge in [0, 0.05) is 12.4 Å². The van der Waals surface area contributed by atoms with E-state index in [0.29, 0.717) is 11.8 Å². The second-order valence-corrected chi connectivity index (χ2v) is 8.28. The normalized spacial score (nSPS) is 12.0. The molecule has 0 bridgehead atoms. The van der Waals surface area contributed by atoms with Gasteiger partial charge in [-0.2, -0.15) is 13.2 Å². The standard InChI is InChI=1S/C21H13F3N4O2S/c22-21(23,24)14-6-5-7-15(12-14)31(29,30)18-13-27-20(17-9-2-4-11-26-17)28-19(18)16-8-1-3-10-25-16/h1-13H. The summed E-state index contributed by atoms with van der Waals surface area (Å²) in [5, 5.41) is 0. The van der Waals surface area contributed by atoms with E-state index < -0.39 is 26.5 Å². The van der Waals surface area contributed by atoms with Gasteiger partial charge in [-0.25, -0.2) is 18.4 Å². The van der Waals surface area contributed by atoms with Crippen LogP contribution < -0.4 is 0 Å². The summed E-state index contributed by atoms with van der Waals surface area (Å²) in [5.74, 6) is 0.157. The summed E-state index contributed by atoms with van der Waals surface area (Å²) < 4.78 is 65.8. The lowest BCUT2D eigenvalue weighted by molar-refractivity contribution is -0.137. The summed E-state index contributed by atoms with van der Waals surface area (Å²) in [5.41, 5.74) is -0.469. The molecule has 1 aromatic carbocycles. The molecule has 0 atom stereocenters. The number of sulfone groups is 1. The van der Waals surface area contributed by atoms with Crippen molar-refractivity contribution in [3.05, 3.63) is 84.8 Å². The molecule has 4 aromatic rings. The van der Waals surface area contributed by atoms with E-state index in [0.717, 1.165) is 24.4 Å². The molecule has 3 aromatic heterocycles. The molecule has 0 fully saturated rings. The first-order valence-corrected chi connectivity index (χ1v) is 10.4. The first kappa shape index (κ1) is 20.6. The van der Waals surface area contributed by atoms with Crippen molar-refractivity contribution in [1.82, 2.24) is 19.9 Å². The van der Waals surface area contributed by atoms with Crippen LogP contribution in [0.25, 0.3) is 22.9 Å². The third-order valence-electron chi connectivity index (χ3n) is 4.32. The van der Waals surface area contributed by atoms with Crippen molar-refractivity contribution in [3.8, 4) is 22.9 Å². The highest BCUT2D eigenvalue weighted by Gasteiger charge is 2.33. The van der Waals surface area contributed by atoms with Gasteiger partial charge in [0.05, 0.1) is 22.3 Å². The lowest BCUT2D eigenvalue weighted by atomic mass is 10.2. The first-order chi connectivity index (χ1) is 14.8. The monoisotopic (exact) mass is 442 g/mol. The van der Waals surface area contributed by atoms with E-state index in [4.69, 9.17) is 0 Å². The van der Waals surface area contributed by atoms with E-state index in [1.165, 1.54) is 12.4 Å². The summed E-state index contributed by atoms with van der Waals surface area (Å²) >= 11 is 0. The van der Waals surface area contributed by atoms with Crippen molar-refractivity contribution in [1.29, 1.82) is 0 Å². The van der Waals surface area contributed by atoms with Crippen LogP contribution in [0, 0.1) is 0 Å². The van der Waals surface area contributed by atoms with Crippen molar-refractivity contribution in [2.24, 2.45) is 0 Å². The third-order valence-corrected chi connectivity index (χ3v) is 6.07. The Kier molecular flexibility index (Phi) is 5.24. The second kappa shape index (κ2) is 7.88. The van der Waals surface area contributed by atoms with E-state index in [2.05, 4.69) is 19.9 Å². The van der Waals surface area contributed by atoms with Crippen LogP contribution in [-0.4, -0.2) is 28.4 Å². The lowest BCUT2D eigenvalue weighted by Gasteiger charge is -2.12. The molecule has 0 radical (unpaired) electrons. The molecule has 3 heterocycles. The van der Waals surface area contributed by atoms with Crippen molar-refractivity contribution in [2.75, 3.05) is 0 Å². The van der Waals surface area contributed by atoms with Crippen LogP contribution in [0.3, 0.4) is 0 Å². The minimum Gasteiger partial charge on any atom is -0.255 e. The Balaban J connectivity index is 1.92. The fraction of sp³-hybridized carbons (Fsp3) is 0.0476. The number of hydrogen-bond donors (Lipinski definition) is 0. The van der Waals surface area contributed by atoms with Gasteiger partial charge < -0.3 is 0 Å². The molecule has 6 nitrogen and oxygen atoms in total. The van der Waals surface area contributed by atoms with Crippen LogP contribution in [0.2, 0.25) is 0 Å². The molecule has 0 aliphatic rings. The minimum absolute atomic E-state index is 0.0336. The third kappa shape index (κ3) is 4.15. The smallest absolute Gasteiger partial charge is 0.255 e. The molecule has 0 saturated heterocycles. The molecule has 0 aliphatic carbocycles. The SMILES string of the molecule is O=S(=O)(c1cccc(C(F)(F)F)c1)c1cnc(-c2ccccn2)nc1-c1ccccn1. The average molecular weight is 442 g/mol. The number of aromatic nitrogens is 4. The number of halogens is 3. The van der Waals surface area contributed by atoms with E-state index in [1.54, 1.807) is 36.4 Å². The summed E-state index contributed by atoms with van der Waals surface area (Å²) in [6.07, 6.45) is -0.629. The van der Waals surface area contributed by atoms with Crippen molar-refractivity contribution in [2.45, 2.75) is 16.0 Å². The van der Waals surface area contributed by atoms with E-state index in [1.807, 2.05) is 0 Å². The van der Waals surface area contributed by atoms with Gasteiger partial charge >= 0.3 is 6.18 Å². The van der Waals surface area contributed by atoms with Crippen molar-refractivity contribution in [3.63, 3.8) is 0 Å². The molecule has 10 heteroatoms. The zero-order chi connectivity index (χ0) is 22.1. The molecule has 0 N–H and O–H groups in total. The fourth-order valence-corrected chi connectivity index (χ4v) is 4.23. The minimum atomic E-state index is -4.69. The maximum atomic E-state index is 13.3. The van der Waals surface area contributed by atoms with Crippen LogP contribution in [0.5, 0.6) is 0 Å². The molecule has 4 rings (SSSR count). The van der Waals surface area contributed by atoms with Gasteiger partial charge in [0.1, 0.15) is 16.3 Å². The summed E-state index contributed by atoms with van der Waals surface area (Å²) in [4.78, 5) is 15.9. The number of benzene rings is 1. The molecule has 0 saturated carbocycles. The molecular weight excluding hydrogens is 429 g/mol. The average Bonchev–Trinajstić information content (AvgIpc) is 2.79. The summed E-state index contributed by atoms with van der Waals surface area (Å²) in [6, 6.07) is 13.4. The molecule has 156 valence electrons. The maximum Gasteiger partial charge on any atom is 0.416 e. The number of alkyl halides is 3. The van der Waals surface area contributed by atoms with Crippen LogP contribution in [-0.2, 0) is 16.0 Å². The van der Waals surface area contributed by atoms with Gasteiger partial charge in [-0.1, -0.05) is 18.2 Å². The highest BCUT2D eigenvalue weighted by molar-refractivity contribution is 7.91. The maximum absolute atomic E-state index is 13.3. The van der Waals surface area contributed by atoms with E-state index in [-0.39, 0.29) is 22.1 Å². The van der Waals surface area contributed by atoms with Gasteiger partial charge in [-0.3, -0.25) is 9.97 Å². The van der Waals surface area contributed by atoms with Crippen LogP contribution in [0.4, 0.5) is 13.2 Å². The van der Waals surface area contributed by atoms with E-state index >= 15 is 0 Å². The van der Waals surface area contributed by atoms with Crippen LogP contribution >= 0.6 is 0 Å². The predicted molar refractivity (Wildman–Crippen MR) is 105 cm³/mol. The highest BCUT2D eigenvalue weighted by atomic mass is 32.2. The molecule has 0 aliphatic heterocycles. The number of rotatable bonds is 4. The quantitative estimate of drug-likeness (QED) is 0.464.